The highest BCUT2D eigenvalue weighted by atomic mass is 32.2. The molecule has 0 radical (unpaired) electrons. The van der Waals surface area contributed by atoms with Crippen LogP contribution in [0.4, 0.5) is 0 Å². The highest BCUT2D eigenvalue weighted by Gasteiger charge is 2.36. The molecule has 0 spiro atoms. The van der Waals surface area contributed by atoms with Crippen LogP contribution < -0.4 is 5.73 Å². The molecule has 8 heteroatoms. The summed E-state index contributed by atoms with van der Waals surface area (Å²) in [6, 6.07) is 4.37. The predicted molar refractivity (Wildman–Crippen MR) is 75.7 cm³/mol. The molecule has 1 aromatic rings. The van der Waals surface area contributed by atoms with E-state index in [1.165, 1.54) is 22.6 Å². The molecule has 2 heterocycles. The van der Waals surface area contributed by atoms with Gasteiger partial charge in [0.2, 0.25) is 10.0 Å². The first-order chi connectivity index (χ1) is 10.0. The van der Waals surface area contributed by atoms with Crippen molar-refractivity contribution in [3.05, 3.63) is 24.0 Å². The Labute approximate surface area is 124 Å². The summed E-state index contributed by atoms with van der Waals surface area (Å²) in [5.41, 5.74) is 5.89. The molecule has 0 bridgehead atoms. The van der Waals surface area contributed by atoms with Gasteiger partial charge in [-0.15, -0.1) is 0 Å². The number of sulfonamides is 1. The molecule has 114 valence electrons. The average Bonchev–Trinajstić information content (AvgIpc) is 2.54. The molecule has 1 fully saturated rings. The molecule has 21 heavy (non-hydrogen) atoms. The third-order valence-electron chi connectivity index (χ3n) is 3.68. The molecule has 2 rings (SSSR count). The van der Waals surface area contributed by atoms with Crippen LogP contribution in [0.25, 0.3) is 0 Å². The molecule has 1 aromatic heterocycles. The Morgan fingerprint density at radius 3 is 2.86 bits per heavy atom. The summed E-state index contributed by atoms with van der Waals surface area (Å²) in [6.07, 6.45) is 2.46. The van der Waals surface area contributed by atoms with E-state index in [2.05, 4.69) is 4.98 Å². The van der Waals surface area contributed by atoms with Crippen LogP contribution in [-0.4, -0.2) is 50.1 Å². The van der Waals surface area contributed by atoms with Crippen molar-refractivity contribution >= 4 is 10.0 Å². The van der Waals surface area contributed by atoms with Gasteiger partial charge in [0.1, 0.15) is 16.7 Å². The van der Waals surface area contributed by atoms with Crippen molar-refractivity contribution in [1.29, 1.82) is 5.26 Å². The molecule has 1 aliphatic rings. The Balaban J connectivity index is 2.27. The quantitative estimate of drug-likeness (QED) is 0.843. The summed E-state index contributed by atoms with van der Waals surface area (Å²) >= 11 is 0. The Morgan fingerprint density at radius 1 is 1.57 bits per heavy atom. The van der Waals surface area contributed by atoms with Crippen LogP contribution in [0.15, 0.2) is 23.2 Å². The van der Waals surface area contributed by atoms with Gasteiger partial charge in [0, 0.05) is 32.4 Å². The minimum absolute atomic E-state index is 0.0316. The van der Waals surface area contributed by atoms with Gasteiger partial charge in [0.15, 0.2) is 0 Å². The Morgan fingerprint density at radius 2 is 2.33 bits per heavy atom. The van der Waals surface area contributed by atoms with Gasteiger partial charge in [0.05, 0.1) is 6.10 Å². The van der Waals surface area contributed by atoms with E-state index in [1.54, 1.807) is 7.11 Å². The number of hydrogen-bond donors (Lipinski definition) is 1. The normalized spacial score (nSPS) is 23.7. The summed E-state index contributed by atoms with van der Waals surface area (Å²) < 4.78 is 32.0. The SMILES string of the molecule is COC1CCN(S(=O)(=O)c2ccc(C#N)nc2)C(CN)C1. The zero-order valence-corrected chi connectivity index (χ0v) is 12.6. The highest BCUT2D eigenvalue weighted by Crippen LogP contribution is 2.26. The third-order valence-corrected chi connectivity index (χ3v) is 5.61. The number of nitrogens with two attached hydrogens (primary N) is 1. The van der Waals surface area contributed by atoms with Gasteiger partial charge >= 0.3 is 0 Å². The lowest BCUT2D eigenvalue weighted by molar-refractivity contribution is 0.0401. The zero-order chi connectivity index (χ0) is 15.5. The maximum atomic E-state index is 12.7. The third kappa shape index (κ3) is 3.22. The smallest absolute Gasteiger partial charge is 0.244 e. The first kappa shape index (κ1) is 15.9. The molecular weight excluding hydrogens is 292 g/mol. The van der Waals surface area contributed by atoms with Gasteiger partial charge in [-0.05, 0) is 25.0 Å². The van der Waals surface area contributed by atoms with Crippen molar-refractivity contribution in [3.63, 3.8) is 0 Å². The van der Waals surface area contributed by atoms with Crippen molar-refractivity contribution in [2.45, 2.75) is 29.9 Å². The van der Waals surface area contributed by atoms with Gasteiger partial charge in [-0.1, -0.05) is 0 Å². The molecule has 7 nitrogen and oxygen atoms in total. The second kappa shape index (κ2) is 6.49. The van der Waals surface area contributed by atoms with Crippen molar-refractivity contribution < 1.29 is 13.2 Å². The number of methoxy groups -OCH3 is 1. The molecule has 1 saturated heterocycles. The lowest BCUT2D eigenvalue weighted by atomic mass is 10.0. The summed E-state index contributed by atoms with van der Waals surface area (Å²) in [5, 5.41) is 8.71. The molecule has 0 saturated carbocycles. The molecule has 2 N–H and O–H groups in total. The van der Waals surface area contributed by atoms with E-state index in [-0.39, 0.29) is 29.3 Å². The number of pyridine rings is 1. The predicted octanol–water partition coefficient (Wildman–Crippen LogP) is 0.0801. The van der Waals surface area contributed by atoms with E-state index in [0.717, 1.165) is 0 Å². The first-order valence-corrected chi connectivity index (χ1v) is 8.07. The fourth-order valence-corrected chi connectivity index (χ4v) is 4.08. The number of rotatable bonds is 4. The first-order valence-electron chi connectivity index (χ1n) is 6.63. The number of ether oxygens (including phenoxy) is 1. The van der Waals surface area contributed by atoms with E-state index in [4.69, 9.17) is 15.7 Å². The van der Waals surface area contributed by atoms with Crippen molar-refractivity contribution in [3.8, 4) is 6.07 Å². The number of hydrogen-bond acceptors (Lipinski definition) is 6. The van der Waals surface area contributed by atoms with E-state index in [1.807, 2.05) is 6.07 Å². The van der Waals surface area contributed by atoms with Crippen LogP contribution >= 0.6 is 0 Å². The van der Waals surface area contributed by atoms with Crippen molar-refractivity contribution in [2.24, 2.45) is 5.73 Å². The van der Waals surface area contributed by atoms with Gasteiger partial charge in [0.25, 0.3) is 0 Å². The Kier molecular flexibility index (Phi) is 4.90. The van der Waals surface area contributed by atoms with Crippen LogP contribution in [0.2, 0.25) is 0 Å². The summed E-state index contributed by atoms with van der Waals surface area (Å²) in [7, 11) is -2.04. The molecule has 0 amide bonds. The second-order valence-corrected chi connectivity index (χ2v) is 6.77. The summed E-state index contributed by atoms with van der Waals surface area (Å²) in [6.45, 7) is 0.603. The van der Waals surface area contributed by atoms with Gasteiger partial charge < -0.3 is 10.5 Å². The molecule has 1 aliphatic heterocycles. The fraction of sp³-hybridized carbons (Fsp3) is 0.538. The van der Waals surface area contributed by atoms with Gasteiger partial charge in [-0.25, -0.2) is 13.4 Å². The Bertz CT molecular complexity index is 624. The molecule has 2 atom stereocenters. The van der Waals surface area contributed by atoms with Crippen LogP contribution in [0.5, 0.6) is 0 Å². The largest absolute Gasteiger partial charge is 0.381 e. The summed E-state index contributed by atoms with van der Waals surface area (Å²) in [4.78, 5) is 3.90. The van der Waals surface area contributed by atoms with E-state index < -0.39 is 10.0 Å². The van der Waals surface area contributed by atoms with Crippen LogP contribution in [-0.2, 0) is 14.8 Å². The zero-order valence-electron chi connectivity index (χ0n) is 11.8. The van der Waals surface area contributed by atoms with E-state index >= 15 is 0 Å². The van der Waals surface area contributed by atoms with Crippen LogP contribution in [0.3, 0.4) is 0 Å². The van der Waals surface area contributed by atoms with Gasteiger partial charge in [-0.3, -0.25) is 0 Å². The molecule has 0 aromatic carbocycles. The fourth-order valence-electron chi connectivity index (χ4n) is 2.47. The summed E-state index contributed by atoms with van der Waals surface area (Å²) in [5.74, 6) is 0. The van der Waals surface area contributed by atoms with Crippen LogP contribution in [0, 0.1) is 11.3 Å². The number of nitriles is 1. The minimum Gasteiger partial charge on any atom is -0.381 e. The second-order valence-electron chi connectivity index (χ2n) is 4.88. The number of piperidine rings is 1. The molecular formula is C13H18N4O3S. The van der Waals surface area contributed by atoms with E-state index in [0.29, 0.717) is 19.4 Å². The monoisotopic (exact) mass is 310 g/mol. The minimum atomic E-state index is -3.65. The highest BCUT2D eigenvalue weighted by molar-refractivity contribution is 7.89. The lowest BCUT2D eigenvalue weighted by Gasteiger charge is -2.37. The van der Waals surface area contributed by atoms with Crippen molar-refractivity contribution in [1.82, 2.24) is 9.29 Å². The molecule has 0 aliphatic carbocycles. The van der Waals surface area contributed by atoms with Gasteiger partial charge in [-0.2, -0.15) is 9.57 Å². The average molecular weight is 310 g/mol. The van der Waals surface area contributed by atoms with Crippen molar-refractivity contribution in [2.75, 3.05) is 20.2 Å². The Hall–Kier alpha value is -1.53. The molecule has 2 unspecified atom stereocenters. The number of nitrogens with zero attached hydrogens (tertiary/aromatic N) is 3. The lowest BCUT2D eigenvalue weighted by Crippen LogP contribution is -2.51. The van der Waals surface area contributed by atoms with E-state index in [9.17, 15) is 8.42 Å². The maximum absolute atomic E-state index is 12.7. The topological polar surface area (TPSA) is 109 Å². The number of aromatic nitrogens is 1. The van der Waals surface area contributed by atoms with Crippen LogP contribution in [0.1, 0.15) is 18.5 Å². The standard InChI is InChI=1S/C13H18N4O3S/c1-20-12-4-5-17(11(6-12)8-15)21(18,19)13-3-2-10(7-14)16-9-13/h2-3,9,11-12H,4-6,8,15H2,1H3. The maximum Gasteiger partial charge on any atom is 0.244 e.